The third kappa shape index (κ3) is 3.47. The molecule has 1 rings (SSSR count). The van der Waals surface area contributed by atoms with Gasteiger partial charge in [0.1, 0.15) is 12.0 Å². The lowest BCUT2D eigenvalue weighted by molar-refractivity contribution is -0.385. The number of aromatic nitrogens is 1. The molecule has 0 bridgehead atoms. The predicted octanol–water partition coefficient (Wildman–Crippen LogP) is 1.45. The van der Waals surface area contributed by atoms with Gasteiger partial charge in [-0.25, -0.2) is 4.98 Å². The number of anilines is 1. The van der Waals surface area contributed by atoms with Crippen LogP contribution in [0.4, 0.5) is 11.5 Å². The number of aryl methyl sites for hydroxylation is 1. The monoisotopic (exact) mass is 224 g/mol. The van der Waals surface area contributed by atoms with Crippen molar-refractivity contribution in [2.24, 2.45) is 5.73 Å². The molecule has 0 aliphatic carbocycles. The Labute approximate surface area is 94.0 Å². The second kappa shape index (κ2) is 6.02. The van der Waals surface area contributed by atoms with E-state index in [9.17, 15) is 10.1 Å². The summed E-state index contributed by atoms with van der Waals surface area (Å²) in [6.07, 6.45) is 3.20. The SMILES string of the molecule is Cc1cc(NCCCCN)ncc1[N+](=O)[O-]. The van der Waals surface area contributed by atoms with E-state index in [4.69, 9.17) is 5.73 Å². The summed E-state index contributed by atoms with van der Waals surface area (Å²) in [4.78, 5) is 14.1. The van der Waals surface area contributed by atoms with Crippen LogP contribution in [0, 0.1) is 17.0 Å². The van der Waals surface area contributed by atoms with Crippen LogP contribution in [0.2, 0.25) is 0 Å². The van der Waals surface area contributed by atoms with Crippen molar-refractivity contribution in [3.05, 3.63) is 27.9 Å². The van der Waals surface area contributed by atoms with E-state index < -0.39 is 4.92 Å². The van der Waals surface area contributed by atoms with E-state index >= 15 is 0 Å². The van der Waals surface area contributed by atoms with Gasteiger partial charge in [0.2, 0.25) is 0 Å². The average molecular weight is 224 g/mol. The Morgan fingerprint density at radius 2 is 2.31 bits per heavy atom. The van der Waals surface area contributed by atoms with Crippen molar-refractivity contribution < 1.29 is 4.92 Å². The summed E-state index contributed by atoms with van der Waals surface area (Å²) >= 11 is 0. The van der Waals surface area contributed by atoms with Gasteiger partial charge in [0.25, 0.3) is 5.69 Å². The smallest absolute Gasteiger partial charge is 0.290 e. The summed E-state index contributed by atoms with van der Waals surface area (Å²) in [6, 6.07) is 1.68. The summed E-state index contributed by atoms with van der Waals surface area (Å²) < 4.78 is 0. The van der Waals surface area contributed by atoms with Crippen LogP contribution in [0.1, 0.15) is 18.4 Å². The van der Waals surface area contributed by atoms with Gasteiger partial charge in [-0.15, -0.1) is 0 Å². The van der Waals surface area contributed by atoms with Gasteiger partial charge >= 0.3 is 0 Å². The summed E-state index contributed by atoms with van der Waals surface area (Å²) in [7, 11) is 0. The lowest BCUT2D eigenvalue weighted by Gasteiger charge is -2.05. The highest BCUT2D eigenvalue weighted by Crippen LogP contribution is 2.18. The molecular weight excluding hydrogens is 208 g/mol. The van der Waals surface area contributed by atoms with Crippen LogP contribution < -0.4 is 11.1 Å². The van der Waals surface area contributed by atoms with Crippen molar-refractivity contribution in [2.75, 3.05) is 18.4 Å². The van der Waals surface area contributed by atoms with Crippen LogP contribution in [0.3, 0.4) is 0 Å². The third-order valence-electron chi connectivity index (χ3n) is 2.22. The molecule has 0 unspecified atom stereocenters. The molecule has 1 aromatic heterocycles. The van der Waals surface area contributed by atoms with Crippen molar-refractivity contribution in [3.63, 3.8) is 0 Å². The largest absolute Gasteiger partial charge is 0.370 e. The minimum atomic E-state index is -0.430. The normalized spacial score (nSPS) is 10.1. The van der Waals surface area contributed by atoms with Crippen molar-refractivity contribution in [1.29, 1.82) is 0 Å². The van der Waals surface area contributed by atoms with E-state index in [-0.39, 0.29) is 5.69 Å². The lowest BCUT2D eigenvalue weighted by Crippen LogP contribution is -2.07. The van der Waals surface area contributed by atoms with Gasteiger partial charge in [-0.3, -0.25) is 10.1 Å². The zero-order valence-electron chi connectivity index (χ0n) is 9.27. The molecule has 1 heterocycles. The maximum Gasteiger partial charge on any atom is 0.290 e. The number of unbranched alkanes of at least 4 members (excludes halogenated alkanes) is 1. The van der Waals surface area contributed by atoms with Crippen molar-refractivity contribution in [3.8, 4) is 0 Å². The van der Waals surface area contributed by atoms with Crippen LogP contribution in [0.25, 0.3) is 0 Å². The van der Waals surface area contributed by atoms with E-state index in [0.29, 0.717) is 17.9 Å². The Balaban J connectivity index is 2.56. The molecule has 6 nitrogen and oxygen atoms in total. The van der Waals surface area contributed by atoms with Crippen LogP contribution in [-0.4, -0.2) is 23.0 Å². The molecule has 0 spiro atoms. The number of nitro groups is 1. The Morgan fingerprint density at radius 1 is 1.56 bits per heavy atom. The number of rotatable bonds is 6. The first-order chi connectivity index (χ1) is 7.65. The molecule has 6 heteroatoms. The molecular formula is C10H16N4O2. The van der Waals surface area contributed by atoms with Crippen LogP contribution in [0.5, 0.6) is 0 Å². The van der Waals surface area contributed by atoms with Gasteiger partial charge < -0.3 is 11.1 Å². The summed E-state index contributed by atoms with van der Waals surface area (Å²) in [6.45, 7) is 3.15. The summed E-state index contributed by atoms with van der Waals surface area (Å²) in [5.41, 5.74) is 6.03. The molecule has 0 aromatic carbocycles. The van der Waals surface area contributed by atoms with Gasteiger partial charge in [0.15, 0.2) is 0 Å². The molecule has 1 aromatic rings. The van der Waals surface area contributed by atoms with Gasteiger partial charge in [0, 0.05) is 12.1 Å². The fraction of sp³-hybridized carbons (Fsp3) is 0.500. The van der Waals surface area contributed by atoms with E-state index in [0.717, 1.165) is 19.4 Å². The van der Waals surface area contributed by atoms with E-state index in [2.05, 4.69) is 10.3 Å². The standard InChI is InChI=1S/C10H16N4O2/c1-8-6-10(12-5-3-2-4-11)13-7-9(8)14(15)16/h6-7H,2-5,11H2,1H3,(H,12,13). The number of nitrogens with one attached hydrogen (secondary N) is 1. The molecule has 0 saturated carbocycles. The van der Waals surface area contributed by atoms with Crippen molar-refractivity contribution >= 4 is 11.5 Å². The second-order valence-electron chi connectivity index (χ2n) is 3.54. The topological polar surface area (TPSA) is 94.1 Å². The van der Waals surface area contributed by atoms with Gasteiger partial charge in [-0.05, 0) is 32.4 Å². The maximum atomic E-state index is 10.6. The minimum absolute atomic E-state index is 0.0486. The fourth-order valence-corrected chi connectivity index (χ4v) is 1.32. The van der Waals surface area contributed by atoms with Crippen LogP contribution in [0.15, 0.2) is 12.3 Å². The second-order valence-corrected chi connectivity index (χ2v) is 3.54. The number of pyridine rings is 1. The zero-order chi connectivity index (χ0) is 12.0. The third-order valence-corrected chi connectivity index (χ3v) is 2.22. The molecule has 16 heavy (non-hydrogen) atoms. The Bertz CT molecular complexity index is 368. The first kappa shape index (κ1) is 12.4. The van der Waals surface area contributed by atoms with Gasteiger partial charge in [-0.2, -0.15) is 0 Å². The van der Waals surface area contributed by atoms with E-state index in [1.807, 2.05) is 0 Å². The zero-order valence-corrected chi connectivity index (χ0v) is 9.27. The average Bonchev–Trinajstić information content (AvgIpc) is 2.24. The maximum absolute atomic E-state index is 10.6. The molecule has 0 atom stereocenters. The van der Waals surface area contributed by atoms with Gasteiger partial charge in [-0.1, -0.05) is 0 Å². The van der Waals surface area contributed by atoms with Gasteiger partial charge in [0.05, 0.1) is 4.92 Å². The molecule has 0 aliphatic rings. The van der Waals surface area contributed by atoms with Crippen LogP contribution >= 0.6 is 0 Å². The number of nitrogens with two attached hydrogens (primary N) is 1. The number of hydrogen-bond donors (Lipinski definition) is 2. The van der Waals surface area contributed by atoms with Crippen LogP contribution in [-0.2, 0) is 0 Å². The Kier molecular flexibility index (Phi) is 4.65. The highest BCUT2D eigenvalue weighted by atomic mass is 16.6. The van der Waals surface area contributed by atoms with E-state index in [1.54, 1.807) is 13.0 Å². The fourth-order valence-electron chi connectivity index (χ4n) is 1.32. The summed E-state index contributed by atoms with van der Waals surface area (Å²) in [5.74, 6) is 0.667. The number of nitrogens with zero attached hydrogens (tertiary/aromatic N) is 2. The molecule has 0 radical (unpaired) electrons. The molecule has 3 N–H and O–H groups in total. The van der Waals surface area contributed by atoms with E-state index in [1.165, 1.54) is 6.20 Å². The minimum Gasteiger partial charge on any atom is -0.370 e. The Hall–Kier alpha value is -1.69. The molecule has 0 amide bonds. The summed E-state index contributed by atoms with van der Waals surface area (Å²) in [5, 5.41) is 13.7. The first-order valence-electron chi connectivity index (χ1n) is 5.20. The highest BCUT2D eigenvalue weighted by Gasteiger charge is 2.10. The van der Waals surface area contributed by atoms with Crippen molar-refractivity contribution in [2.45, 2.75) is 19.8 Å². The molecule has 0 saturated heterocycles. The van der Waals surface area contributed by atoms with Crippen molar-refractivity contribution in [1.82, 2.24) is 4.98 Å². The first-order valence-corrected chi connectivity index (χ1v) is 5.20. The highest BCUT2D eigenvalue weighted by molar-refractivity contribution is 5.46. The lowest BCUT2D eigenvalue weighted by atomic mass is 10.2. The molecule has 0 aliphatic heterocycles. The quantitative estimate of drug-likeness (QED) is 0.433. The predicted molar refractivity (Wildman–Crippen MR) is 62.4 cm³/mol. The number of hydrogen-bond acceptors (Lipinski definition) is 5. The molecule has 88 valence electrons. The molecule has 0 fully saturated rings. The Morgan fingerprint density at radius 3 is 2.88 bits per heavy atom.